The topological polar surface area (TPSA) is 15.3 Å². The van der Waals surface area contributed by atoms with Crippen LogP contribution in [0.4, 0.5) is 5.69 Å². The molecule has 1 N–H and O–H groups in total. The molecular weight excluding hydrogens is 220 g/mol. The number of likely N-dealkylation sites (tertiary alicyclic amines) is 1. The first kappa shape index (κ1) is 12.0. The molecule has 2 atom stereocenters. The van der Waals surface area contributed by atoms with Crippen LogP contribution in [-0.2, 0) is 0 Å². The zero-order valence-corrected chi connectivity index (χ0v) is 11.6. The molecule has 2 aliphatic heterocycles. The van der Waals surface area contributed by atoms with Gasteiger partial charge in [-0.3, -0.25) is 4.90 Å². The lowest BCUT2D eigenvalue weighted by Crippen LogP contribution is -2.41. The van der Waals surface area contributed by atoms with Gasteiger partial charge in [-0.25, -0.2) is 0 Å². The summed E-state index contributed by atoms with van der Waals surface area (Å²) in [6, 6.07) is 7.49. The van der Waals surface area contributed by atoms with Crippen LogP contribution in [-0.4, -0.2) is 24.5 Å². The van der Waals surface area contributed by atoms with Crippen molar-refractivity contribution in [2.24, 2.45) is 5.92 Å². The number of hydrogen-bond acceptors (Lipinski definition) is 2. The third kappa shape index (κ3) is 2.14. The molecule has 2 nitrogen and oxygen atoms in total. The van der Waals surface area contributed by atoms with Crippen LogP contribution in [0.25, 0.3) is 0 Å². The van der Waals surface area contributed by atoms with Crippen LogP contribution in [0.1, 0.15) is 43.4 Å². The Bertz CT molecular complexity index is 421. The van der Waals surface area contributed by atoms with E-state index in [-0.39, 0.29) is 0 Å². The van der Waals surface area contributed by atoms with Gasteiger partial charge in [0, 0.05) is 18.3 Å². The third-order valence-electron chi connectivity index (χ3n) is 4.46. The molecule has 2 heteroatoms. The van der Waals surface area contributed by atoms with Crippen LogP contribution < -0.4 is 5.32 Å². The number of rotatable bonds is 1. The quantitative estimate of drug-likeness (QED) is 0.812. The molecule has 18 heavy (non-hydrogen) atoms. The summed E-state index contributed by atoms with van der Waals surface area (Å²) in [5.41, 5.74) is 4.26. The lowest BCUT2D eigenvalue weighted by atomic mass is 9.86. The lowest BCUT2D eigenvalue weighted by molar-refractivity contribution is 0.123. The lowest BCUT2D eigenvalue weighted by Gasteiger charge is -2.42. The van der Waals surface area contributed by atoms with Crippen molar-refractivity contribution in [3.63, 3.8) is 0 Å². The van der Waals surface area contributed by atoms with Gasteiger partial charge in [-0.1, -0.05) is 31.0 Å². The van der Waals surface area contributed by atoms with Crippen molar-refractivity contribution in [1.82, 2.24) is 4.90 Å². The molecule has 1 saturated heterocycles. The molecular formula is C16H24N2. The normalized spacial score (nSPS) is 28.6. The van der Waals surface area contributed by atoms with Crippen molar-refractivity contribution in [3.05, 3.63) is 29.3 Å². The molecule has 0 spiro atoms. The standard InChI is InChI=1S/C16H24N2/c1-12-6-7-15-14(10-12)16(13(2)11-17-15)18-8-4-3-5-9-18/h6-7,10,13,16-17H,3-5,8-9,11H2,1-2H3. The smallest absolute Gasteiger partial charge is 0.0410 e. The summed E-state index contributed by atoms with van der Waals surface area (Å²) in [4.78, 5) is 2.72. The fraction of sp³-hybridized carbons (Fsp3) is 0.625. The number of nitrogens with zero attached hydrogens (tertiary/aromatic N) is 1. The fourth-order valence-electron chi connectivity index (χ4n) is 3.53. The zero-order valence-electron chi connectivity index (χ0n) is 11.6. The molecule has 1 aromatic rings. The molecule has 0 aromatic heterocycles. The van der Waals surface area contributed by atoms with E-state index in [1.807, 2.05) is 0 Å². The van der Waals surface area contributed by atoms with Gasteiger partial charge in [-0.05, 0) is 50.4 Å². The number of benzene rings is 1. The van der Waals surface area contributed by atoms with Crippen molar-refractivity contribution in [2.75, 3.05) is 25.0 Å². The Labute approximate surface area is 110 Å². The Hall–Kier alpha value is -1.02. The Balaban J connectivity index is 1.95. The van der Waals surface area contributed by atoms with E-state index in [1.54, 1.807) is 0 Å². The number of nitrogens with one attached hydrogen (secondary N) is 1. The second-order valence-electron chi connectivity index (χ2n) is 5.99. The second-order valence-corrected chi connectivity index (χ2v) is 5.99. The van der Waals surface area contributed by atoms with E-state index in [9.17, 15) is 0 Å². The fourth-order valence-corrected chi connectivity index (χ4v) is 3.53. The molecule has 2 unspecified atom stereocenters. The van der Waals surface area contributed by atoms with Gasteiger partial charge in [0.2, 0.25) is 0 Å². The van der Waals surface area contributed by atoms with Crippen LogP contribution in [0.5, 0.6) is 0 Å². The molecule has 0 saturated carbocycles. The maximum absolute atomic E-state index is 3.58. The van der Waals surface area contributed by atoms with E-state index in [2.05, 4.69) is 42.3 Å². The molecule has 2 aliphatic rings. The summed E-state index contributed by atoms with van der Waals surface area (Å²) >= 11 is 0. The molecule has 2 heterocycles. The highest BCUT2D eigenvalue weighted by Crippen LogP contribution is 2.39. The molecule has 3 rings (SSSR count). The first-order valence-electron chi connectivity index (χ1n) is 7.34. The van der Waals surface area contributed by atoms with Gasteiger partial charge < -0.3 is 5.32 Å². The highest BCUT2D eigenvalue weighted by Gasteiger charge is 2.31. The summed E-state index contributed by atoms with van der Waals surface area (Å²) in [5, 5.41) is 3.58. The van der Waals surface area contributed by atoms with E-state index in [1.165, 1.54) is 49.2 Å². The summed E-state index contributed by atoms with van der Waals surface area (Å²) in [6.07, 6.45) is 4.16. The number of aryl methyl sites for hydroxylation is 1. The van der Waals surface area contributed by atoms with Crippen molar-refractivity contribution in [2.45, 2.75) is 39.2 Å². The number of fused-ring (bicyclic) bond motifs is 1. The summed E-state index contributed by atoms with van der Waals surface area (Å²) < 4.78 is 0. The Morgan fingerprint density at radius 3 is 2.72 bits per heavy atom. The largest absolute Gasteiger partial charge is 0.384 e. The van der Waals surface area contributed by atoms with Gasteiger partial charge in [-0.15, -0.1) is 0 Å². The molecule has 98 valence electrons. The SMILES string of the molecule is Cc1ccc2c(c1)C(N1CCCCC1)C(C)CN2. The highest BCUT2D eigenvalue weighted by molar-refractivity contribution is 5.56. The van der Waals surface area contributed by atoms with Crippen LogP contribution in [0.15, 0.2) is 18.2 Å². The van der Waals surface area contributed by atoms with Gasteiger partial charge in [0.05, 0.1) is 0 Å². The summed E-state index contributed by atoms with van der Waals surface area (Å²) in [5.74, 6) is 0.706. The monoisotopic (exact) mass is 244 g/mol. The highest BCUT2D eigenvalue weighted by atomic mass is 15.2. The minimum atomic E-state index is 0.626. The maximum atomic E-state index is 3.58. The molecule has 1 aromatic carbocycles. The van der Waals surface area contributed by atoms with Crippen LogP contribution in [0.3, 0.4) is 0 Å². The van der Waals surface area contributed by atoms with E-state index in [0.29, 0.717) is 12.0 Å². The van der Waals surface area contributed by atoms with Gasteiger partial charge in [0.15, 0.2) is 0 Å². The summed E-state index contributed by atoms with van der Waals surface area (Å²) in [7, 11) is 0. The minimum Gasteiger partial charge on any atom is -0.384 e. The Morgan fingerprint density at radius 2 is 1.94 bits per heavy atom. The van der Waals surface area contributed by atoms with Crippen LogP contribution in [0.2, 0.25) is 0 Å². The Kier molecular flexibility index (Phi) is 3.29. The number of anilines is 1. The average Bonchev–Trinajstić information content (AvgIpc) is 2.39. The molecule has 0 amide bonds. The van der Waals surface area contributed by atoms with E-state index in [4.69, 9.17) is 0 Å². The van der Waals surface area contributed by atoms with E-state index in [0.717, 1.165) is 6.54 Å². The van der Waals surface area contributed by atoms with Crippen molar-refractivity contribution >= 4 is 5.69 Å². The molecule has 0 bridgehead atoms. The van der Waals surface area contributed by atoms with Gasteiger partial charge >= 0.3 is 0 Å². The van der Waals surface area contributed by atoms with Crippen molar-refractivity contribution in [1.29, 1.82) is 0 Å². The first-order valence-corrected chi connectivity index (χ1v) is 7.34. The molecule has 0 radical (unpaired) electrons. The minimum absolute atomic E-state index is 0.626. The van der Waals surface area contributed by atoms with Crippen molar-refractivity contribution < 1.29 is 0 Å². The molecule has 0 aliphatic carbocycles. The second kappa shape index (κ2) is 4.93. The van der Waals surface area contributed by atoms with E-state index < -0.39 is 0 Å². The predicted octanol–water partition coefficient (Wildman–Crippen LogP) is 3.58. The predicted molar refractivity (Wildman–Crippen MR) is 77.0 cm³/mol. The van der Waals surface area contributed by atoms with Crippen LogP contribution in [0, 0.1) is 12.8 Å². The van der Waals surface area contributed by atoms with Crippen molar-refractivity contribution in [3.8, 4) is 0 Å². The maximum Gasteiger partial charge on any atom is 0.0410 e. The number of piperidine rings is 1. The number of hydrogen-bond donors (Lipinski definition) is 1. The third-order valence-corrected chi connectivity index (χ3v) is 4.46. The first-order chi connectivity index (χ1) is 8.75. The van der Waals surface area contributed by atoms with Gasteiger partial charge in [-0.2, -0.15) is 0 Å². The average molecular weight is 244 g/mol. The Morgan fingerprint density at radius 1 is 1.17 bits per heavy atom. The summed E-state index contributed by atoms with van der Waals surface area (Å²) in [6.45, 7) is 8.26. The molecule has 1 fully saturated rings. The zero-order chi connectivity index (χ0) is 12.5. The van der Waals surface area contributed by atoms with Crippen LogP contribution >= 0.6 is 0 Å². The van der Waals surface area contributed by atoms with Gasteiger partial charge in [0.1, 0.15) is 0 Å². The van der Waals surface area contributed by atoms with E-state index >= 15 is 0 Å². The van der Waals surface area contributed by atoms with Gasteiger partial charge in [0.25, 0.3) is 0 Å².